The minimum Gasteiger partial charge on any atom is -0.354 e. The van der Waals surface area contributed by atoms with Crippen LogP contribution in [0.4, 0.5) is 0 Å². The quantitative estimate of drug-likeness (QED) is 0.856. The van der Waals surface area contributed by atoms with Crippen molar-refractivity contribution in [3.8, 4) is 0 Å². The van der Waals surface area contributed by atoms with Gasteiger partial charge in [0.2, 0.25) is 11.8 Å². The van der Waals surface area contributed by atoms with Crippen molar-refractivity contribution in [2.45, 2.75) is 32.7 Å². The second-order valence-corrected chi connectivity index (χ2v) is 5.69. The van der Waals surface area contributed by atoms with Gasteiger partial charge in [-0.2, -0.15) is 0 Å². The molecule has 0 saturated carbocycles. The third kappa shape index (κ3) is 3.34. The van der Waals surface area contributed by atoms with E-state index in [2.05, 4.69) is 10.6 Å². The average Bonchev–Trinajstić information content (AvgIpc) is 2.65. The summed E-state index contributed by atoms with van der Waals surface area (Å²) in [6, 6.07) is 9.45. The van der Waals surface area contributed by atoms with Gasteiger partial charge in [-0.1, -0.05) is 44.2 Å². The summed E-state index contributed by atoms with van der Waals surface area (Å²) in [5, 5.41) is 5.62. The highest BCUT2D eigenvalue weighted by molar-refractivity contribution is 5.90. The van der Waals surface area contributed by atoms with E-state index < -0.39 is 6.04 Å². The van der Waals surface area contributed by atoms with Gasteiger partial charge in [0.15, 0.2) is 0 Å². The zero-order chi connectivity index (χ0) is 13.9. The maximum Gasteiger partial charge on any atom is 0.243 e. The molecular weight excluding hydrogens is 240 g/mol. The van der Waals surface area contributed by atoms with Crippen LogP contribution in [0.15, 0.2) is 30.3 Å². The summed E-state index contributed by atoms with van der Waals surface area (Å²) in [6.07, 6.45) is 1.10. The van der Waals surface area contributed by atoms with Gasteiger partial charge >= 0.3 is 0 Å². The molecule has 1 aliphatic rings. The lowest BCUT2D eigenvalue weighted by atomic mass is 9.87. The van der Waals surface area contributed by atoms with Crippen LogP contribution in [0.3, 0.4) is 0 Å². The fraction of sp³-hybridized carbons (Fsp3) is 0.467. The van der Waals surface area contributed by atoms with Crippen molar-refractivity contribution < 1.29 is 9.59 Å². The number of benzene rings is 1. The molecule has 0 aromatic heterocycles. The van der Waals surface area contributed by atoms with Crippen molar-refractivity contribution in [3.05, 3.63) is 35.9 Å². The van der Waals surface area contributed by atoms with Gasteiger partial charge in [-0.05, 0) is 12.0 Å². The Balaban J connectivity index is 1.86. The van der Waals surface area contributed by atoms with E-state index >= 15 is 0 Å². The van der Waals surface area contributed by atoms with Gasteiger partial charge in [-0.3, -0.25) is 9.59 Å². The van der Waals surface area contributed by atoms with Crippen molar-refractivity contribution in [3.63, 3.8) is 0 Å². The number of rotatable bonds is 4. The van der Waals surface area contributed by atoms with Crippen molar-refractivity contribution in [2.24, 2.45) is 5.41 Å². The Bertz CT molecular complexity index is 468. The smallest absolute Gasteiger partial charge is 0.243 e. The van der Waals surface area contributed by atoms with Gasteiger partial charge < -0.3 is 10.6 Å². The first-order valence-corrected chi connectivity index (χ1v) is 6.60. The third-order valence-electron chi connectivity index (χ3n) is 3.55. The van der Waals surface area contributed by atoms with E-state index in [9.17, 15) is 9.59 Å². The Labute approximate surface area is 113 Å². The zero-order valence-corrected chi connectivity index (χ0v) is 11.4. The van der Waals surface area contributed by atoms with Crippen molar-refractivity contribution in [2.75, 3.05) is 6.54 Å². The lowest BCUT2D eigenvalue weighted by Crippen LogP contribution is -2.46. The highest BCUT2D eigenvalue weighted by Crippen LogP contribution is 2.24. The molecule has 4 heteroatoms. The van der Waals surface area contributed by atoms with Gasteiger partial charge in [0, 0.05) is 18.4 Å². The number of aryl methyl sites for hydroxylation is 1. The van der Waals surface area contributed by atoms with Crippen LogP contribution in [-0.2, 0) is 16.0 Å². The average molecular weight is 260 g/mol. The Morgan fingerprint density at radius 2 is 2.05 bits per heavy atom. The monoisotopic (exact) mass is 260 g/mol. The van der Waals surface area contributed by atoms with Crippen LogP contribution in [0.25, 0.3) is 0 Å². The van der Waals surface area contributed by atoms with Gasteiger partial charge in [0.1, 0.15) is 6.04 Å². The van der Waals surface area contributed by atoms with Crippen molar-refractivity contribution in [1.82, 2.24) is 10.6 Å². The Morgan fingerprint density at radius 1 is 1.37 bits per heavy atom. The standard InChI is InChI=1S/C15H20N2O2/c1-15(2)10-16-14(19)13(15)17-12(18)9-8-11-6-4-3-5-7-11/h3-7,13H,8-10H2,1-2H3,(H,16,19)(H,17,18). The second kappa shape index (κ2) is 5.43. The molecule has 1 aromatic carbocycles. The van der Waals surface area contributed by atoms with E-state index in [0.29, 0.717) is 19.4 Å². The minimum atomic E-state index is -0.421. The van der Waals surface area contributed by atoms with Gasteiger partial charge in [-0.25, -0.2) is 0 Å². The zero-order valence-electron chi connectivity index (χ0n) is 11.4. The summed E-state index contributed by atoms with van der Waals surface area (Å²) in [6.45, 7) is 4.57. The largest absolute Gasteiger partial charge is 0.354 e. The summed E-state index contributed by atoms with van der Waals surface area (Å²) in [4.78, 5) is 23.6. The predicted molar refractivity (Wildman–Crippen MR) is 73.5 cm³/mol. The topological polar surface area (TPSA) is 58.2 Å². The SMILES string of the molecule is CC1(C)CNC(=O)C1NC(=O)CCc1ccccc1. The molecule has 2 N–H and O–H groups in total. The molecule has 1 aliphatic heterocycles. The van der Waals surface area contributed by atoms with Crippen LogP contribution in [0, 0.1) is 5.41 Å². The maximum absolute atomic E-state index is 11.9. The number of carbonyl (C=O) groups is 2. The van der Waals surface area contributed by atoms with Gasteiger partial charge in [0.25, 0.3) is 0 Å². The maximum atomic E-state index is 11.9. The van der Waals surface area contributed by atoms with Crippen molar-refractivity contribution in [1.29, 1.82) is 0 Å². The van der Waals surface area contributed by atoms with E-state index in [0.717, 1.165) is 5.56 Å². The molecule has 0 aliphatic carbocycles. The number of amides is 2. The first kappa shape index (κ1) is 13.6. The highest BCUT2D eigenvalue weighted by atomic mass is 16.2. The summed E-state index contributed by atoms with van der Waals surface area (Å²) >= 11 is 0. The first-order chi connectivity index (χ1) is 8.99. The fourth-order valence-corrected chi connectivity index (χ4v) is 2.27. The van der Waals surface area contributed by atoms with E-state index in [1.165, 1.54) is 0 Å². The Kier molecular flexibility index (Phi) is 3.88. The molecule has 2 amide bonds. The van der Waals surface area contributed by atoms with Crippen LogP contribution in [0.1, 0.15) is 25.8 Å². The Hall–Kier alpha value is -1.84. The lowest BCUT2D eigenvalue weighted by molar-refractivity contribution is -0.128. The highest BCUT2D eigenvalue weighted by Gasteiger charge is 2.41. The minimum absolute atomic E-state index is 0.0704. The summed E-state index contributed by atoms with van der Waals surface area (Å²) in [5.41, 5.74) is 0.909. The first-order valence-electron chi connectivity index (χ1n) is 6.60. The van der Waals surface area contributed by atoms with Crippen LogP contribution in [0.5, 0.6) is 0 Å². The van der Waals surface area contributed by atoms with E-state index in [4.69, 9.17) is 0 Å². The number of hydrogen-bond donors (Lipinski definition) is 2. The van der Waals surface area contributed by atoms with E-state index in [1.807, 2.05) is 44.2 Å². The number of nitrogens with one attached hydrogen (secondary N) is 2. The molecule has 2 rings (SSSR count). The second-order valence-electron chi connectivity index (χ2n) is 5.69. The lowest BCUT2D eigenvalue weighted by Gasteiger charge is -2.24. The molecule has 1 aromatic rings. The van der Waals surface area contributed by atoms with Crippen LogP contribution < -0.4 is 10.6 Å². The predicted octanol–water partition coefficient (Wildman–Crippen LogP) is 1.26. The molecule has 1 atom stereocenters. The van der Waals surface area contributed by atoms with Crippen LogP contribution >= 0.6 is 0 Å². The molecule has 1 unspecified atom stereocenters. The molecule has 0 bridgehead atoms. The summed E-state index contributed by atoms with van der Waals surface area (Å²) in [5.74, 6) is -0.156. The molecule has 0 radical (unpaired) electrons. The summed E-state index contributed by atoms with van der Waals surface area (Å²) < 4.78 is 0. The normalized spacial score (nSPS) is 20.9. The molecule has 1 fully saturated rings. The molecule has 1 heterocycles. The molecule has 0 spiro atoms. The molecule has 1 saturated heterocycles. The Morgan fingerprint density at radius 3 is 2.63 bits per heavy atom. The van der Waals surface area contributed by atoms with E-state index in [-0.39, 0.29) is 17.2 Å². The third-order valence-corrected chi connectivity index (χ3v) is 3.55. The van der Waals surface area contributed by atoms with Crippen molar-refractivity contribution >= 4 is 11.8 Å². The van der Waals surface area contributed by atoms with Crippen LogP contribution in [0.2, 0.25) is 0 Å². The molecular formula is C15H20N2O2. The van der Waals surface area contributed by atoms with Crippen LogP contribution in [-0.4, -0.2) is 24.4 Å². The van der Waals surface area contributed by atoms with Gasteiger partial charge in [-0.15, -0.1) is 0 Å². The fourth-order valence-electron chi connectivity index (χ4n) is 2.27. The molecule has 4 nitrogen and oxygen atoms in total. The summed E-state index contributed by atoms with van der Waals surface area (Å²) in [7, 11) is 0. The molecule has 102 valence electrons. The number of hydrogen-bond acceptors (Lipinski definition) is 2. The number of carbonyl (C=O) groups excluding carboxylic acids is 2. The molecule has 19 heavy (non-hydrogen) atoms. The van der Waals surface area contributed by atoms with Gasteiger partial charge in [0.05, 0.1) is 0 Å². The van der Waals surface area contributed by atoms with E-state index in [1.54, 1.807) is 0 Å².